The van der Waals surface area contributed by atoms with Crippen molar-refractivity contribution in [2.75, 3.05) is 19.6 Å². The number of amides is 1. The van der Waals surface area contributed by atoms with E-state index in [0.717, 1.165) is 42.2 Å². The molecule has 32 heavy (non-hydrogen) atoms. The normalized spacial score (nSPS) is 14.0. The summed E-state index contributed by atoms with van der Waals surface area (Å²) in [5, 5.41) is 4.46. The molecule has 1 saturated heterocycles. The number of carbonyl (C=O) groups excluding carboxylic acids is 1. The summed E-state index contributed by atoms with van der Waals surface area (Å²) in [5.74, 6) is 7.32. The van der Waals surface area contributed by atoms with Gasteiger partial charge in [-0.1, -0.05) is 24.1 Å². The van der Waals surface area contributed by atoms with E-state index in [2.05, 4.69) is 26.8 Å². The van der Waals surface area contributed by atoms with Gasteiger partial charge in [0, 0.05) is 30.1 Å². The van der Waals surface area contributed by atoms with E-state index in [1.807, 2.05) is 67.7 Å². The summed E-state index contributed by atoms with van der Waals surface area (Å²) in [6, 6.07) is 17.1. The van der Waals surface area contributed by atoms with Gasteiger partial charge in [0.25, 0.3) is 5.91 Å². The number of aromatic nitrogens is 3. The van der Waals surface area contributed by atoms with Gasteiger partial charge in [0.05, 0.1) is 18.4 Å². The Balaban J connectivity index is 1.43. The van der Waals surface area contributed by atoms with Gasteiger partial charge in [-0.15, -0.1) is 5.92 Å². The van der Waals surface area contributed by atoms with Crippen LogP contribution in [0.3, 0.4) is 0 Å². The first-order chi connectivity index (χ1) is 15.6. The van der Waals surface area contributed by atoms with Crippen LogP contribution >= 0.6 is 0 Å². The molecule has 1 aliphatic heterocycles. The fraction of sp³-hybridized carbons (Fsp3) is 0.200. The number of nitrogens with one attached hydrogen (secondary N) is 1. The number of hydrogen-bond donors (Lipinski definition) is 2. The minimum atomic E-state index is -0.529. The van der Waals surface area contributed by atoms with Crippen molar-refractivity contribution in [1.82, 2.24) is 19.5 Å². The Hall–Kier alpha value is -4.02. The van der Waals surface area contributed by atoms with E-state index in [1.54, 1.807) is 4.52 Å². The number of nitrogens with two attached hydrogens (primary N) is 1. The lowest BCUT2D eigenvalue weighted by molar-refractivity contribution is 0.0994. The third kappa shape index (κ3) is 3.61. The van der Waals surface area contributed by atoms with Gasteiger partial charge in [-0.05, 0) is 43.3 Å². The number of fused-ring (bicyclic) bond motifs is 1. The summed E-state index contributed by atoms with van der Waals surface area (Å²) in [5.41, 5.74) is 9.47. The third-order valence-corrected chi connectivity index (χ3v) is 5.72. The Morgan fingerprint density at radius 2 is 1.88 bits per heavy atom. The molecule has 0 saturated carbocycles. The lowest BCUT2D eigenvalue weighted by atomic mass is 9.93. The number of hydrogen-bond acceptors (Lipinski definition) is 4. The quantitative estimate of drug-likeness (QED) is 0.462. The number of rotatable bonds is 6. The third-order valence-electron chi connectivity index (χ3n) is 5.72. The van der Waals surface area contributed by atoms with Crippen LogP contribution in [0.2, 0.25) is 0 Å². The molecular formula is C25H23N5O2. The largest absolute Gasteiger partial charge is 0.457 e. The van der Waals surface area contributed by atoms with E-state index in [-0.39, 0.29) is 0 Å². The summed E-state index contributed by atoms with van der Waals surface area (Å²) >= 11 is 0. The van der Waals surface area contributed by atoms with Crippen LogP contribution in [-0.4, -0.2) is 45.0 Å². The van der Waals surface area contributed by atoms with Gasteiger partial charge in [-0.25, -0.2) is 4.52 Å². The maximum atomic E-state index is 12.3. The average Bonchev–Trinajstić information content (AvgIpc) is 3.34. The predicted octanol–water partition coefficient (Wildman–Crippen LogP) is 3.64. The van der Waals surface area contributed by atoms with Crippen LogP contribution in [0.4, 0.5) is 0 Å². The number of nitrogens with zero attached hydrogens (tertiary/aromatic N) is 3. The highest BCUT2D eigenvalue weighted by Gasteiger charge is 2.31. The molecule has 160 valence electrons. The second kappa shape index (κ2) is 8.25. The standard InChI is InChI=1S/C25H23N5O2/c1-2-3-13-29-15-18(16-29)21-14-27-30-23(24(26)31)22(28-25(21)30)17-9-11-20(12-10-17)32-19-7-5-4-6-8-19/h4-12,14,18,28H,13,15-16H2,1H3,(H2,26,31). The molecule has 2 aromatic carbocycles. The number of imidazole rings is 1. The van der Waals surface area contributed by atoms with Crippen LogP contribution in [0.1, 0.15) is 28.9 Å². The molecule has 3 heterocycles. The number of carbonyl (C=O) groups is 1. The fourth-order valence-electron chi connectivity index (χ4n) is 4.08. The molecular weight excluding hydrogens is 402 g/mol. The smallest absolute Gasteiger partial charge is 0.269 e. The summed E-state index contributed by atoms with van der Waals surface area (Å²) in [7, 11) is 0. The van der Waals surface area contributed by atoms with Crippen molar-refractivity contribution >= 4 is 11.6 Å². The minimum absolute atomic E-state index is 0.344. The molecule has 0 aliphatic carbocycles. The molecule has 3 N–H and O–H groups in total. The monoisotopic (exact) mass is 425 g/mol. The van der Waals surface area contributed by atoms with Crippen LogP contribution in [0, 0.1) is 11.8 Å². The number of likely N-dealkylation sites (tertiary alicyclic amines) is 1. The SMILES string of the molecule is CC#CCN1CC(c2cnn3c(C(N)=O)c(-c4ccc(Oc5ccccc5)cc4)[nH]c23)C1. The molecule has 5 rings (SSSR count). The molecule has 7 nitrogen and oxygen atoms in total. The van der Waals surface area contributed by atoms with E-state index in [9.17, 15) is 4.79 Å². The molecule has 1 aliphatic rings. The van der Waals surface area contributed by atoms with Crippen molar-refractivity contribution in [2.24, 2.45) is 5.73 Å². The van der Waals surface area contributed by atoms with Gasteiger partial charge < -0.3 is 15.5 Å². The molecule has 0 bridgehead atoms. The van der Waals surface area contributed by atoms with Crippen LogP contribution in [0.25, 0.3) is 16.9 Å². The molecule has 1 fully saturated rings. The lowest BCUT2D eigenvalue weighted by Crippen LogP contribution is -2.44. The maximum Gasteiger partial charge on any atom is 0.269 e. The highest BCUT2D eigenvalue weighted by molar-refractivity contribution is 5.98. The van der Waals surface area contributed by atoms with Gasteiger partial charge in [0.1, 0.15) is 17.1 Å². The zero-order valence-corrected chi connectivity index (χ0v) is 17.7. The Morgan fingerprint density at radius 3 is 2.56 bits per heavy atom. The molecule has 1 amide bonds. The Morgan fingerprint density at radius 1 is 1.16 bits per heavy atom. The van der Waals surface area contributed by atoms with Crippen molar-refractivity contribution in [3.8, 4) is 34.6 Å². The highest BCUT2D eigenvalue weighted by Crippen LogP contribution is 2.33. The van der Waals surface area contributed by atoms with Crippen LogP contribution in [-0.2, 0) is 0 Å². The summed E-state index contributed by atoms with van der Waals surface area (Å²) in [4.78, 5) is 18.0. The number of aromatic amines is 1. The minimum Gasteiger partial charge on any atom is -0.457 e. The van der Waals surface area contributed by atoms with E-state index >= 15 is 0 Å². The van der Waals surface area contributed by atoms with Gasteiger partial charge in [0.15, 0.2) is 5.69 Å². The second-order valence-corrected chi connectivity index (χ2v) is 7.83. The first-order valence-corrected chi connectivity index (χ1v) is 10.5. The summed E-state index contributed by atoms with van der Waals surface area (Å²) < 4.78 is 7.49. The number of benzene rings is 2. The highest BCUT2D eigenvalue weighted by atomic mass is 16.5. The van der Waals surface area contributed by atoms with Gasteiger partial charge in [-0.3, -0.25) is 9.69 Å². The zero-order valence-electron chi connectivity index (χ0n) is 17.7. The van der Waals surface area contributed by atoms with Crippen molar-refractivity contribution in [1.29, 1.82) is 0 Å². The van der Waals surface area contributed by atoms with Crippen LogP contribution < -0.4 is 10.5 Å². The van der Waals surface area contributed by atoms with Crippen molar-refractivity contribution in [3.63, 3.8) is 0 Å². The molecule has 0 unspecified atom stereocenters. The van der Waals surface area contributed by atoms with Gasteiger partial charge in [0.2, 0.25) is 0 Å². The van der Waals surface area contributed by atoms with E-state index in [4.69, 9.17) is 10.5 Å². The van der Waals surface area contributed by atoms with E-state index in [1.165, 1.54) is 0 Å². The Bertz CT molecular complexity index is 1320. The zero-order chi connectivity index (χ0) is 22.1. The number of ether oxygens (including phenoxy) is 1. The Labute approximate surface area is 185 Å². The first kappa shape index (κ1) is 19.9. The van der Waals surface area contributed by atoms with Crippen LogP contribution in [0.5, 0.6) is 11.5 Å². The first-order valence-electron chi connectivity index (χ1n) is 10.5. The molecule has 2 aromatic heterocycles. The van der Waals surface area contributed by atoms with E-state index in [0.29, 0.717) is 23.1 Å². The maximum absolute atomic E-state index is 12.3. The van der Waals surface area contributed by atoms with E-state index < -0.39 is 5.91 Å². The summed E-state index contributed by atoms with van der Waals surface area (Å²) in [6.45, 7) is 4.46. The molecule has 4 aromatic rings. The molecule has 0 atom stereocenters. The van der Waals surface area contributed by atoms with Crippen molar-refractivity contribution in [2.45, 2.75) is 12.8 Å². The number of H-pyrrole nitrogens is 1. The molecule has 0 radical (unpaired) electrons. The van der Waals surface area contributed by atoms with Gasteiger partial charge >= 0.3 is 0 Å². The molecule has 0 spiro atoms. The van der Waals surface area contributed by atoms with Gasteiger partial charge in [-0.2, -0.15) is 5.10 Å². The molecule has 7 heteroatoms. The number of para-hydroxylation sites is 1. The summed E-state index contributed by atoms with van der Waals surface area (Å²) in [6.07, 6.45) is 1.83. The van der Waals surface area contributed by atoms with Crippen molar-refractivity contribution < 1.29 is 9.53 Å². The Kier molecular flexibility index (Phi) is 5.13. The van der Waals surface area contributed by atoms with Crippen molar-refractivity contribution in [3.05, 3.63) is 72.1 Å². The topological polar surface area (TPSA) is 88.7 Å². The average molecular weight is 425 g/mol. The lowest BCUT2D eigenvalue weighted by Gasteiger charge is -2.37. The second-order valence-electron chi connectivity index (χ2n) is 7.83. The fourth-order valence-corrected chi connectivity index (χ4v) is 4.08. The van der Waals surface area contributed by atoms with Crippen LogP contribution in [0.15, 0.2) is 60.8 Å². The number of primary amides is 1. The predicted molar refractivity (Wildman–Crippen MR) is 123 cm³/mol.